The smallest absolute Gasteiger partial charge is 0.220 e. The van der Waals surface area contributed by atoms with E-state index in [1.54, 1.807) is 18.7 Å². The van der Waals surface area contributed by atoms with Crippen LogP contribution in [0, 0.1) is 0 Å². The minimum atomic E-state index is 0.0977. The molecule has 0 fully saturated rings. The van der Waals surface area contributed by atoms with E-state index in [0.29, 0.717) is 13.0 Å². The molecule has 2 heterocycles. The van der Waals surface area contributed by atoms with Crippen molar-refractivity contribution in [3.63, 3.8) is 0 Å². The van der Waals surface area contributed by atoms with E-state index >= 15 is 0 Å². The van der Waals surface area contributed by atoms with Crippen LogP contribution in [0.4, 0.5) is 0 Å². The molecular formula is C14H18N4O. The number of hydrogen-bond acceptors (Lipinski definition) is 3. The van der Waals surface area contributed by atoms with Crippen molar-refractivity contribution < 1.29 is 4.79 Å². The second-order valence-electron chi connectivity index (χ2n) is 4.37. The van der Waals surface area contributed by atoms with Gasteiger partial charge in [-0.25, -0.2) is 9.97 Å². The van der Waals surface area contributed by atoms with Crippen molar-refractivity contribution in [1.29, 1.82) is 0 Å². The molecule has 0 radical (unpaired) electrons. The van der Waals surface area contributed by atoms with E-state index in [2.05, 4.69) is 22.2 Å². The summed E-state index contributed by atoms with van der Waals surface area (Å²) < 4.78 is 1.84. The predicted molar refractivity (Wildman–Crippen MR) is 72.7 cm³/mol. The predicted octanol–water partition coefficient (Wildman–Crippen LogP) is 2.07. The first kappa shape index (κ1) is 13.3. The summed E-state index contributed by atoms with van der Waals surface area (Å²) in [4.78, 5) is 19.8. The van der Waals surface area contributed by atoms with E-state index < -0.39 is 0 Å². The zero-order valence-corrected chi connectivity index (χ0v) is 11.0. The van der Waals surface area contributed by atoms with Gasteiger partial charge < -0.3 is 5.32 Å². The summed E-state index contributed by atoms with van der Waals surface area (Å²) in [6.45, 7) is 2.60. The van der Waals surface area contributed by atoms with Crippen LogP contribution in [0.1, 0.15) is 31.7 Å². The SMILES string of the molecule is CCCCC(=O)NCc1ccc(-n2ccnc2)nc1. The fraction of sp³-hybridized carbons (Fsp3) is 0.357. The molecule has 2 aromatic heterocycles. The number of amides is 1. The van der Waals surface area contributed by atoms with Gasteiger partial charge in [-0.1, -0.05) is 19.4 Å². The summed E-state index contributed by atoms with van der Waals surface area (Å²) in [6.07, 6.45) is 9.59. The summed E-state index contributed by atoms with van der Waals surface area (Å²) in [5.74, 6) is 0.916. The van der Waals surface area contributed by atoms with E-state index in [1.807, 2.05) is 22.9 Å². The van der Waals surface area contributed by atoms with Gasteiger partial charge in [-0.3, -0.25) is 9.36 Å². The van der Waals surface area contributed by atoms with Crippen LogP contribution in [0.15, 0.2) is 37.1 Å². The third kappa shape index (κ3) is 3.91. The number of rotatable bonds is 6. The number of imidazole rings is 1. The second kappa shape index (κ2) is 6.68. The lowest BCUT2D eigenvalue weighted by Gasteiger charge is -2.06. The van der Waals surface area contributed by atoms with Crippen molar-refractivity contribution in [1.82, 2.24) is 19.9 Å². The molecule has 1 amide bonds. The monoisotopic (exact) mass is 258 g/mol. The molecule has 0 atom stereocenters. The number of unbranched alkanes of at least 4 members (excludes halogenated alkanes) is 1. The normalized spacial score (nSPS) is 10.4. The van der Waals surface area contributed by atoms with Gasteiger partial charge in [0.15, 0.2) is 0 Å². The number of nitrogens with one attached hydrogen (secondary N) is 1. The molecular weight excluding hydrogens is 240 g/mol. The first-order valence-corrected chi connectivity index (χ1v) is 6.49. The molecule has 0 saturated heterocycles. The van der Waals surface area contributed by atoms with Crippen LogP contribution in [0.2, 0.25) is 0 Å². The van der Waals surface area contributed by atoms with Crippen LogP contribution >= 0.6 is 0 Å². The molecule has 100 valence electrons. The van der Waals surface area contributed by atoms with Crippen molar-refractivity contribution >= 4 is 5.91 Å². The average molecular weight is 258 g/mol. The minimum absolute atomic E-state index is 0.0977. The fourth-order valence-corrected chi connectivity index (χ4v) is 1.69. The Morgan fingerprint density at radius 3 is 2.95 bits per heavy atom. The van der Waals surface area contributed by atoms with Gasteiger partial charge in [0.2, 0.25) is 5.91 Å². The molecule has 5 heteroatoms. The highest BCUT2D eigenvalue weighted by molar-refractivity contribution is 5.75. The first-order chi connectivity index (χ1) is 9.29. The average Bonchev–Trinajstić information content (AvgIpc) is 2.97. The van der Waals surface area contributed by atoms with Gasteiger partial charge in [-0.15, -0.1) is 0 Å². The van der Waals surface area contributed by atoms with Crippen molar-refractivity contribution in [2.75, 3.05) is 0 Å². The molecule has 1 N–H and O–H groups in total. The molecule has 0 spiro atoms. The van der Waals surface area contributed by atoms with E-state index in [4.69, 9.17) is 0 Å². The number of aromatic nitrogens is 3. The van der Waals surface area contributed by atoms with Gasteiger partial charge in [0.05, 0.1) is 0 Å². The minimum Gasteiger partial charge on any atom is -0.352 e. The summed E-state index contributed by atoms with van der Waals surface area (Å²) in [6, 6.07) is 3.87. The van der Waals surface area contributed by atoms with Crippen molar-refractivity contribution in [2.45, 2.75) is 32.7 Å². The maximum absolute atomic E-state index is 11.5. The van der Waals surface area contributed by atoms with Gasteiger partial charge in [-0.2, -0.15) is 0 Å². The lowest BCUT2D eigenvalue weighted by molar-refractivity contribution is -0.121. The van der Waals surface area contributed by atoms with E-state index in [1.165, 1.54) is 0 Å². The lowest BCUT2D eigenvalue weighted by atomic mass is 10.2. The van der Waals surface area contributed by atoms with Gasteiger partial charge in [0, 0.05) is 31.6 Å². The topological polar surface area (TPSA) is 59.8 Å². The largest absolute Gasteiger partial charge is 0.352 e. The summed E-state index contributed by atoms with van der Waals surface area (Å²) >= 11 is 0. The molecule has 0 aliphatic carbocycles. The Morgan fingerprint density at radius 1 is 1.42 bits per heavy atom. The Hall–Kier alpha value is -2.17. The van der Waals surface area contributed by atoms with Gasteiger partial charge in [-0.05, 0) is 18.1 Å². The molecule has 0 aliphatic rings. The molecule has 0 unspecified atom stereocenters. The zero-order chi connectivity index (χ0) is 13.5. The molecule has 5 nitrogen and oxygen atoms in total. The van der Waals surface area contributed by atoms with Gasteiger partial charge >= 0.3 is 0 Å². The molecule has 0 aromatic carbocycles. The Bertz CT molecular complexity index is 505. The summed E-state index contributed by atoms with van der Waals surface area (Å²) in [7, 11) is 0. The van der Waals surface area contributed by atoms with E-state index in [9.17, 15) is 4.79 Å². The van der Waals surface area contributed by atoms with Crippen LogP contribution in [0.25, 0.3) is 5.82 Å². The van der Waals surface area contributed by atoms with Crippen molar-refractivity contribution in [2.24, 2.45) is 0 Å². The van der Waals surface area contributed by atoms with Crippen LogP contribution in [-0.4, -0.2) is 20.4 Å². The number of hydrogen-bond donors (Lipinski definition) is 1. The molecule has 2 rings (SSSR count). The molecule has 0 bridgehead atoms. The quantitative estimate of drug-likeness (QED) is 0.863. The van der Waals surface area contributed by atoms with Crippen molar-refractivity contribution in [3.05, 3.63) is 42.6 Å². The Balaban J connectivity index is 1.87. The summed E-state index contributed by atoms with van der Waals surface area (Å²) in [5, 5.41) is 2.89. The molecule has 19 heavy (non-hydrogen) atoms. The molecule has 0 aliphatic heterocycles. The Labute approximate surface area is 112 Å². The highest BCUT2D eigenvalue weighted by Crippen LogP contribution is 2.05. The molecule has 0 saturated carbocycles. The Morgan fingerprint density at radius 2 is 2.32 bits per heavy atom. The highest BCUT2D eigenvalue weighted by Gasteiger charge is 2.01. The maximum atomic E-state index is 11.5. The highest BCUT2D eigenvalue weighted by atomic mass is 16.1. The van der Waals surface area contributed by atoms with Crippen LogP contribution in [0.3, 0.4) is 0 Å². The van der Waals surface area contributed by atoms with E-state index in [-0.39, 0.29) is 5.91 Å². The van der Waals surface area contributed by atoms with Gasteiger partial charge in [0.25, 0.3) is 0 Å². The fourth-order valence-electron chi connectivity index (χ4n) is 1.69. The third-order valence-electron chi connectivity index (χ3n) is 2.83. The standard InChI is InChI=1S/C14H18N4O/c1-2-3-4-14(19)17-10-12-5-6-13(16-9-12)18-8-7-15-11-18/h5-9,11H,2-4,10H2,1H3,(H,17,19). The summed E-state index contributed by atoms with van der Waals surface area (Å²) in [5.41, 5.74) is 0.994. The number of pyridine rings is 1. The maximum Gasteiger partial charge on any atom is 0.220 e. The van der Waals surface area contributed by atoms with Crippen LogP contribution in [0.5, 0.6) is 0 Å². The van der Waals surface area contributed by atoms with E-state index in [0.717, 1.165) is 24.2 Å². The third-order valence-corrected chi connectivity index (χ3v) is 2.83. The van der Waals surface area contributed by atoms with Crippen molar-refractivity contribution in [3.8, 4) is 5.82 Å². The lowest BCUT2D eigenvalue weighted by Crippen LogP contribution is -2.22. The number of nitrogens with zero attached hydrogens (tertiary/aromatic N) is 3. The number of carbonyl (C=O) groups is 1. The van der Waals surface area contributed by atoms with Crippen LogP contribution < -0.4 is 5.32 Å². The molecule has 2 aromatic rings. The number of carbonyl (C=O) groups excluding carboxylic acids is 1. The zero-order valence-electron chi connectivity index (χ0n) is 11.0. The second-order valence-corrected chi connectivity index (χ2v) is 4.37. The Kier molecular flexibility index (Phi) is 4.66. The van der Waals surface area contributed by atoms with Gasteiger partial charge in [0.1, 0.15) is 12.1 Å². The van der Waals surface area contributed by atoms with Crippen LogP contribution in [-0.2, 0) is 11.3 Å². The first-order valence-electron chi connectivity index (χ1n) is 6.49.